The fraction of sp³-hybridized carbons (Fsp3) is 0. The maximum atomic E-state index is 4.14. The van der Waals surface area contributed by atoms with Gasteiger partial charge >= 0.3 is 0 Å². The van der Waals surface area contributed by atoms with Crippen LogP contribution in [0.15, 0.2) is 24.5 Å². The molecule has 0 saturated heterocycles. The molecule has 0 amide bonds. The van der Waals surface area contributed by atoms with E-state index in [1.165, 1.54) is 0 Å². The molecule has 0 fully saturated rings. The van der Waals surface area contributed by atoms with Crippen molar-refractivity contribution in [3.05, 3.63) is 24.5 Å². The molecule has 1 aromatic heterocycles. The first-order valence-electron chi connectivity index (χ1n) is 3.20. The van der Waals surface area contributed by atoms with Crippen molar-refractivity contribution in [1.29, 1.82) is 0 Å². The van der Waals surface area contributed by atoms with Crippen LogP contribution in [0.25, 0.3) is 11.0 Å². The van der Waals surface area contributed by atoms with Gasteiger partial charge in [-0.05, 0) is 12.1 Å². The molecule has 2 N–H and O–H groups in total. The second kappa shape index (κ2) is 2.54. The van der Waals surface area contributed by atoms with Crippen LogP contribution in [0.2, 0.25) is 0 Å². The fourth-order valence-corrected chi connectivity index (χ4v) is 1.36. The van der Waals surface area contributed by atoms with Gasteiger partial charge in [0.1, 0.15) is 5.52 Å². The molecule has 1 heterocycles. The van der Waals surface area contributed by atoms with E-state index in [1.807, 2.05) is 18.2 Å². The van der Waals surface area contributed by atoms with E-state index >= 15 is 0 Å². The normalized spacial score (nSPS) is 10.3. The van der Waals surface area contributed by atoms with E-state index in [0.717, 1.165) is 16.7 Å². The lowest BCUT2D eigenvalue weighted by molar-refractivity contribution is 1.34. The molecule has 2 aromatic rings. The Morgan fingerprint density at radius 1 is 1.45 bits per heavy atom. The van der Waals surface area contributed by atoms with Crippen molar-refractivity contribution >= 4 is 32.9 Å². The number of fused-ring (bicyclic) bond motifs is 1. The average Bonchev–Trinajstić information content (AvgIpc) is 2.50. The van der Waals surface area contributed by atoms with E-state index in [4.69, 9.17) is 0 Å². The van der Waals surface area contributed by atoms with E-state index in [-0.39, 0.29) is 0 Å². The molecule has 0 aliphatic heterocycles. The molecule has 0 atom stereocenters. The number of rotatable bonds is 1. The fourth-order valence-electron chi connectivity index (χ4n) is 1.04. The molecular formula is C7H6BrN3. The molecule has 0 unspecified atom stereocenters. The molecule has 56 valence electrons. The number of anilines is 1. The quantitative estimate of drug-likeness (QED) is 0.712. The van der Waals surface area contributed by atoms with Gasteiger partial charge in [-0.2, -0.15) is 0 Å². The topological polar surface area (TPSA) is 40.7 Å². The van der Waals surface area contributed by atoms with E-state index < -0.39 is 0 Å². The molecule has 2 rings (SSSR count). The summed E-state index contributed by atoms with van der Waals surface area (Å²) in [5, 5.41) is 0. The summed E-state index contributed by atoms with van der Waals surface area (Å²) >= 11 is 3.16. The summed E-state index contributed by atoms with van der Waals surface area (Å²) < 4.78 is 2.89. The van der Waals surface area contributed by atoms with Gasteiger partial charge in [-0.15, -0.1) is 0 Å². The number of H-pyrrole nitrogens is 1. The van der Waals surface area contributed by atoms with Crippen molar-refractivity contribution in [2.75, 3.05) is 4.34 Å². The molecule has 0 aliphatic carbocycles. The molecule has 1 aromatic carbocycles. The van der Waals surface area contributed by atoms with Gasteiger partial charge in [-0.1, -0.05) is 6.07 Å². The number of aromatic nitrogens is 2. The number of nitrogens with one attached hydrogen (secondary N) is 2. The summed E-state index contributed by atoms with van der Waals surface area (Å²) in [5.74, 6) is 0. The summed E-state index contributed by atoms with van der Waals surface area (Å²) in [6.07, 6.45) is 1.68. The first kappa shape index (κ1) is 6.67. The van der Waals surface area contributed by atoms with Crippen molar-refractivity contribution in [3.63, 3.8) is 0 Å². The highest BCUT2D eigenvalue weighted by Crippen LogP contribution is 2.20. The molecule has 0 spiro atoms. The van der Waals surface area contributed by atoms with E-state index in [0.29, 0.717) is 0 Å². The number of para-hydroxylation sites is 1. The Balaban J connectivity index is 2.79. The number of benzene rings is 1. The number of imidazole rings is 1. The van der Waals surface area contributed by atoms with Crippen molar-refractivity contribution in [2.45, 2.75) is 0 Å². The van der Waals surface area contributed by atoms with Gasteiger partial charge in [0, 0.05) is 16.1 Å². The van der Waals surface area contributed by atoms with Crippen LogP contribution in [0.1, 0.15) is 0 Å². The molecular weight excluding hydrogens is 206 g/mol. The number of halogens is 1. The van der Waals surface area contributed by atoms with Gasteiger partial charge in [-0.25, -0.2) is 4.98 Å². The highest BCUT2D eigenvalue weighted by Gasteiger charge is 1.99. The van der Waals surface area contributed by atoms with Gasteiger partial charge in [-0.3, -0.25) is 0 Å². The Morgan fingerprint density at radius 2 is 2.36 bits per heavy atom. The number of hydrogen-bond donors (Lipinski definition) is 2. The zero-order valence-electron chi connectivity index (χ0n) is 5.63. The van der Waals surface area contributed by atoms with Crippen molar-refractivity contribution in [1.82, 2.24) is 9.97 Å². The molecule has 0 radical (unpaired) electrons. The zero-order valence-corrected chi connectivity index (χ0v) is 7.22. The maximum absolute atomic E-state index is 4.14. The highest BCUT2D eigenvalue weighted by atomic mass is 79.9. The molecule has 0 aliphatic rings. The number of hydrogen-bond acceptors (Lipinski definition) is 2. The summed E-state index contributed by atoms with van der Waals surface area (Å²) in [6, 6.07) is 5.90. The largest absolute Gasteiger partial charge is 0.345 e. The highest BCUT2D eigenvalue weighted by molar-refractivity contribution is 9.10. The smallest absolute Gasteiger partial charge is 0.112 e. The zero-order chi connectivity index (χ0) is 7.68. The molecule has 3 nitrogen and oxygen atoms in total. The van der Waals surface area contributed by atoms with Crippen LogP contribution in [0.3, 0.4) is 0 Å². The minimum Gasteiger partial charge on any atom is -0.345 e. The summed E-state index contributed by atoms with van der Waals surface area (Å²) in [6.45, 7) is 0. The van der Waals surface area contributed by atoms with Crippen LogP contribution in [0.5, 0.6) is 0 Å². The second-order valence-corrected chi connectivity index (χ2v) is 2.60. The van der Waals surface area contributed by atoms with E-state index in [1.54, 1.807) is 6.33 Å². The van der Waals surface area contributed by atoms with Gasteiger partial charge in [0.2, 0.25) is 0 Å². The average molecular weight is 212 g/mol. The van der Waals surface area contributed by atoms with Gasteiger partial charge in [0.15, 0.2) is 0 Å². The van der Waals surface area contributed by atoms with Crippen LogP contribution in [0, 0.1) is 0 Å². The molecule has 11 heavy (non-hydrogen) atoms. The third kappa shape index (κ3) is 0.991. The van der Waals surface area contributed by atoms with Crippen molar-refractivity contribution in [3.8, 4) is 0 Å². The summed E-state index contributed by atoms with van der Waals surface area (Å²) in [5.41, 5.74) is 2.96. The minimum absolute atomic E-state index is 0.948. The monoisotopic (exact) mass is 211 g/mol. The van der Waals surface area contributed by atoms with Crippen LogP contribution < -0.4 is 4.34 Å². The second-order valence-electron chi connectivity index (χ2n) is 2.20. The Morgan fingerprint density at radius 3 is 3.18 bits per heavy atom. The number of aromatic amines is 1. The standard InChI is InChI=1S/C7H6BrN3/c8-11-6-3-1-2-5-7(6)10-4-9-5/h1-4,11H,(H,9,10). The third-order valence-corrected chi connectivity index (χ3v) is 1.98. The molecule has 4 heteroatoms. The lowest BCUT2D eigenvalue weighted by Crippen LogP contribution is -1.80. The van der Waals surface area contributed by atoms with Crippen LogP contribution in [-0.2, 0) is 0 Å². The Hall–Kier alpha value is -1.03. The minimum atomic E-state index is 0.948. The Kier molecular flexibility index (Phi) is 1.54. The lowest BCUT2D eigenvalue weighted by atomic mass is 10.3. The molecule has 0 saturated carbocycles. The van der Waals surface area contributed by atoms with Crippen LogP contribution >= 0.6 is 16.1 Å². The molecule has 0 bridgehead atoms. The van der Waals surface area contributed by atoms with Gasteiger partial charge in [0.05, 0.1) is 17.5 Å². The van der Waals surface area contributed by atoms with Crippen LogP contribution in [-0.4, -0.2) is 9.97 Å². The lowest BCUT2D eigenvalue weighted by Gasteiger charge is -1.96. The van der Waals surface area contributed by atoms with Crippen molar-refractivity contribution in [2.24, 2.45) is 0 Å². The SMILES string of the molecule is BrNc1cccc2[nH]cnc12. The third-order valence-electron chi connectivity index (χ3n) is 1.55. The Labute approximate surface area is 72.2 Å². The predicted octanol–water partition coefficient (Wildman–Crippen LogP) is 2.28. The summed E-state index contributed by atoms with van der Waals surface area (Å²) in [4.78, 5) is 7.16. The van der Waals surface area contributed by atoms with Crippen molar-refractivity contribution < 1.29 is 0 Å². The predicted molar refractivity (Wildman–Crippen MR) is 48.6 cm³/mol. The first-order valence-corrected chi connectivity index (χ1v) is 4.00. The van der Waals surface area contributed by atoms with Crippen LogP contribution in [0.4, 0.5) is 5.69 Å². The van der Waals surface area contributed by atoms with E-state index in [9.17, 15) is 0 Å². The number of nitrogens with zero attached hydrogens (tertiary/aromatic N) is 1. The van der Waals surface area contributed by atoms with E-state index in [2.05, 4.69) is 30.5 Å². The van der Waals surface area contributed by atoms with Gasteiger partial charge < -0.3 is 9.33 Å². The maximum Gasteiger partial charge on any atom is 0.112 e. The Bertz CT molecular complexity index is 368. The summed E-state index contributed by atoms with van der Waals surface area (Å²) in [7, 11) is 0. The first-order chi connectivity index (χ1) is 5.42. The van der Waals surface area contributed by atoms with Gasteiger partial charge in [0.25, 0.3) is 0 Å².